The molecular weight excluding hydrogens is 515 g/mol. The largest absolute Gasteiger partial charge is 0.506 e. The Bertz CT molecular complexity index is 998. The Morgan fingerprint density at radius 1 is 1.03 bits per heavy atom. The minimum Gasteiger partial charge on any atom is -0.506 e. The van der Waals surface area contributed by atoms with Crippen LogP contribution in [0.4, 0.5) is 5.69 Å². The van der Waals surface area contributed by atoms with Crippen molar-refractivity contribution in [2.75, 3.05) is 44.2 Å². The molecule has 2 N–H and O–H groups in total. The molecule has 7 nitrogen and oxygen atoms in total. The molecule has 1 aromatic heterocycles. The molecule has 0 atom stereocenters. The van der Waals surface area contributed by atoms with Crippen LogP contribution in [0.5, 0.6) is 5.75 Å². The molecule has 2 aromatic carbocycles. The van der Waals surface area contributed by atoms with Gasteiger partial charge >= 0.3 is 0 Å². The molecule has 1 fully saturated rings. The van der Waals surface area contributed by atoms with E-state index < -0.39 is 0 Å². The summed E-state index contributed by atoms with van der Waals surface area (Å²) in [6.07, 6.45) is 4.84. The number of aliphatic imine (C=N–C) groups is 1. The van der Waals surface area contributed by atoms with Crippen molar-refractivity contribution in [1.82, 2.24) is 20.0 Å². The van der Waals surface area contributed by atoms with Crippen molar-refractivity contribution in [3.05, 3.63) is 72.6 Å². The first-order chi connectivity index (χ1) is 15.2. The van der Waals surface area contributed by atoms with Crippen LogP contribution in [-0.2, 0) is 6.42 Å². The number of benzene rings is 2. The number of phenolic OH excluding ortho intramolecular Hbond substituents is 1. The Kier molecular flexibility index (Phi) is 8.78. The molecule has 8 heteroatoms. The molecule has 1 aliphatic heterocycles. The number of rotatable bonds is 6. The number of piperazine rings is 1. The highest BCUT2D eigenvalue weighted by Gasteiger charge is 2.21. The lowest BCUT2D eigenvalue weighted by molar-refractivity contribution is 0.370. The number of halogens is 1. The van der Waals surface area contributed by atoms with Crippen LogP contribution >= 0.6 is 24.0 Å². The van der Waals surface area contributed by atoms with Crippen LogP contribution in [0.2, 0.25) is 0 Å². The highest BCUT2D eigenvalue weighted by Crippen LogP contribution is 2.27. The molecule has 1 saturated heterocycles. The second-order valence-corrected chi connectivity index (χ2v) is 7.58. The van der Waals surface area contributed by atoms with E-state index in [2.05, 4.69) is 33.3 Å². The number of nitrogens with one attached hydrogen (secondary N) is 1. The highest BCUT2D eigenvalue weighted by atomic mass is 127. The molecule has 170 valence electrons. The average Bonchev–Trinajstić information content (AvgIpc) is 3.29. The van der Waals surface area contributed by atoms with Crippen molar-refractivity contribution >= 4 is 35.6 Å². The third kappa shape index (κ3) is 5.93. The van der Waals surface area contributed by atoms with Crippen molar-refractivity contribution in [3.8, 4) is 11.4 Å². The van der Waals surface area contributed by atoms with Gasteiger partial charge in [-0.2, -0.15) is 5.10 Å². The quantitative estimate of drug-likeness (QED) is 0.282. The predicted octanol–water partition coefficient (Wildman–Crippen LogP) is 3.53. The lowest BCUT2D eigenvalue weighted by Crippen LogP contribution is -2.52. The Labute approximate surface area is 206 Å². The molecule has 0 unspecified atom stereocenters. The number of phenols is 1. The molecule has 2 heterocycles. The first-order valence-electron chi connectivity index (χ1n) is 10.9. The van der Waals surface area contributed by atoms with Gasteiger partial charge in [-0.3, -0.25) is 4.99 Å². The number of anilines is 1. The van der Waals surface area contributed by atoms with Crippen LogP contribution < -0.4 is 10.2 Å². The number of aromatic hydroxyl groups is 1. The molecule has 0 amide bonds. The molecule has 0 saturated carbocycles. The maximum absolute atomic E-state index is 10.1. The minimum absolute atomic E-state index is 0. The summed E-state index contributed by atoms with van der Waals surface area (Å²) in [4.78, 5) is 9.38. The summed E-state index contributed by atoms with van der Waals surface area (Å²) in [7, 11) is 0. The van der Waals surface area contributed by atoms with Gasteiger partial charge in [0.2, 0.25) is 0 Å². The average molecular weight is 546 g/mol. The summed E-state index contributed by atoms with van der Waals surface area (Å²) in [5.41, 5.74) is 3.14. The highest BCUT2D eigenvalue weighted by molar-refractivity contribution is 14.0. The third-order valence-corrected chi connectivity index (χ3v) is 5.46. The third-order valence-electron chi connectivity index (χ3n) is 5.46. The number of guanidine groups is 1. The molecule has 0 aliphatic carbocycles. The fraction of sp³-hybridized carbons (Fsp3) is 0.333. The number of aromatic nitrogens is 2. The topological polar surface area (TPSA) is 68.9 Å². The Morgan fingerprint density at radius 2 is 1.75 bits per heavy atom. The van der Waals surface area contributed by atoms with E-state index >= 15 is 0 Å². The monoisotopic (exact) mass is 546 g/mol. The van der Waals surface area contributed by atoms with Crippen LogP contribution in [0.3, 0.4) is 0 Å². The predicted molar refractivity (Wildman–Crippen MR) is 141 cm³/mol. The first-order valence-corrected chi connectivity index (χ1v) is 10.9. The summed E-state index contributed by atoms with van der Waals surface area (Å²) < 4.78 is 1.91. The van der Waals surface area contributed by atoms with E-state index in [0.717, 1.165) is 56.5 Å². The Balaban J connectivity index is 0.00000289. The second-order valence-electron chi connectivity index (χ2n) is 7.58. The molecular formula is C24H31IN6O. The van der Waals surface area contributed by atoms with Gasteiger partial charge in [-0.05, 0) is 43.2 Å². The maximum Gasteiger partial charge on any atom is 0.194 e. The number of para-hydroxylation sites is 3. The van der Waals surface area contributed by atoms with Crippen LogP contribution in [0, 0.1) is 0 Å². The molecule has 0 bridgehead atoms. The zero-order chi connectivity index (χ0) is 21.5. The van der Waals surface area contributed by atoms with Gasteiger partial charge in [-0.15, -0.1) is 24.0 Å². The van der Waals surface area contributed by atoms with E-state index in [4.69, 9.17) is 4.99 Å². The van der Waals surface area contributed by atoms with Gasteiger partial charge < -0.3 is 20.2 Å². The van der Waals surface area contributed by atoms with Crippen LogP contribution in [0.15, 0.2) is 72.0 Å². The van der Waals surface area contributed by atoms with Gasteiger partial charge in [0, 0.05) is 45.5 Å². The zero-order valence-electron chi connectivity index (χ0n) is 18.4. The van der Waals surface area contributed by atoms with Gasteiger partial charge in [-0.25, -0.2) is 4.68 Å². The van der Waals surface area contributed by atoms with E-state index in [-0.39, 0.29) is 24.0 Å². The van der Waals surface area contributed by atoms with Gasteiger partial charge in [0.15, 0.2) is 5.96 Å². The van der Waals surface area contributed by atoms with Crippen LogP contribution in [0.25, 0.3) is 5.69 Å². The van der Waals surface area contributed by atoms with E-state index in [1.807, 2.05) is 59.4 Å². The summed E-state index contributed by atoms with van der Waals surface area (Å²) in [5.74, 6) is 1.29. The molecule has 0 radical (unpaired) electrons. The standard InChI is InChI=1S/C24H30N6O.HI/c1-2-25-24(29-16-14-28(15-17-29)22-10-6-7-11-23(22)31)26-13-12-20-18-27-30(19-20)21-8-4-3-5-9-21;/h3-11,18-19,31H,2,12-17H2,1H3,(H,25,26);1H. The maximum atomic E-state index is 10.1. The lowest BCUT2D eigenvalue weighted by Gasteiger charge is -2.37. The molecule has 4 rings (SSSR count). The van der Waals surface area contributed by atoms with Crippen molar-refractivity contribution < 1.29 is 5.11 Å². The molecule has 1 aliphatic rings. The van der Waals surface area contributed by atoms with Gasteiger partial charge in [-0.1, -0.05) is 30.3 Å². The summed E-state index contributed by atoms with van der Waals surface area (Å²) in [6, 6.07) is 17.7. The Morgan fingerprint density at radius 3 is 2.47 bits per heavy atom. The van der Waals surface area contributed by atoms with Gasteiger partial charge in [0.05, 0.1) is 17.6 Å². The van der Waals surface area contributed by atoms with E-state index in [9.17, 15) is 5.11 Å². The van der Waals surface area contributed by atoms with Crippen LogP contribution in [-0.4, -0.2) is 65.0 Å². The van der Waals surface area contributed by atoms with Crippen LogP contribution in [0.1, 0.15) is 12.5 Å². The first kappa shape index (κ1) is 23.9. The SMILES string of the molecule is CCNC(=NCCc1cnn(-c2ccccc2)c1)N1CCN(c2ccccc2O)CC1.I. The number of hydrogen-bond acceptors (Lipinski definition) is 4. The minimum atomic E-state index is 0. The van der Waals surface area contributed by atoms with E-state index in [1.54, 1.807) is 6.07 Å². The molecule has 3 aromatic rings. The lowest BCUT2D eigenvalue weighted by atomic mass is 10.2. The fourth-order valence-corrected chi connectivity index (χ4v) is 3.82. The van der Waals surface area contributed by atoms with Crippen molar-refractivity contribution in [1.29, 1.82) is 0 Å². The normalized spacial score (nSPS) is 14.2. The molecule has 0 spiro atoms. The van der Waals surface area contributed by atoms with Gasteiger partial charge in [0.25, 0.3) is 0 Å². The summed E-state index contributed by atoms with van der Waals surface area (Å²) in [6.45, 7) is 7.08. The van der Waals surface area contributed by atoms with Crippen molar-refractivity contribution in [2.24, 2.45) is 4.99 Å². The molecule has 32 heavy (non-hydrogen) atoms. The fourth-order valence-electron chi connectivity index (χ4n) is 3.82. The summed E-state index contributed by atoms with van der Waals surface area (Å²) in [5, 5.41) is 18.0. The second kappa shape index (κ2) is 11.8. The zero-order valence-corrected chi connectivity index (χ0v) is 20.7. The van der Waals surface area contributed by atoms with E-state index in [0.29, 0.717) is 12.3 Å². The van der Waals surface area contributed by atoms with Gasteiger partial charge in [0.1, 0.15) is 5.75 Å². The number of nitrogens with zero attached hydrogens (tertiary/aromatic N) is 5. The summed E-state index contributed by atoms with van der Waals surface area (Å²) >= 11 is 0. The smallest absolute Gasteiger partial charge is 0.194 e. The van der Waals surface area contributed by atoms with Crippen molar-refractivity contribution in [3.63, 3.8) is 0 Å². The van der Waals surface area contributed by atoms with E-state index in [1.165, 1.54) is 5.56 Å². The Hall–Kier alpha value is -2.75. The number of hydrogen-bond donors (Lipinski definition) is 2. The van der Waals surface area contributed by atoms with Crippen molar-refractivity contribution in [2.45, 2.75) is 13.3 Å².